The lowest BCUT2D eigenvalue weighted by Gasteiger charge is -2.19. The van der Waals surface area contributed by atoms with Crippen LogP contribution < -0.4 is 5.32 Å². The number of rotatable bonds is 6. The Morgan fingerprint density at radius 1 is 0.964 bits per heavy atom. The number of aryl methyl sites for hydroxylation is 2. The fourth-order valence-corrected chi connectivity index (χ4v) is 3.02. The highest BCUT2D eigenvalue weighted by atomic mass is 16.5. The van der Waals surface area contributed by atoms with E-state index < -0.39 is 12.1 Å². The Hall–Kier alpha value is -2.62. The smallest absolute Gasteiger partial charge is 0.338 e. The van der Waals surface area contributed by atoms with Gasteiger partial charge >= 0.3 is 5.97 Å². The molecule has 0 saturated heterocycles. The van der Waals surface area contributed by atoms with Gasteiger partial charge in [0.05, 0.1) is 5.56 Å². The standard InChI is InChI=1S/C24H31NO3/c1-7-17-10-9-11-18(8-2)21(17)25-22(26)16(3)28-23(27)19-12-14-20(15-13-19)24(4,5)6/h9-16H,7-8H2,1-6H3,(H,25,26). The van der Waals surface area contributed by atoms with Crippen LogP contribution >= 0.6 is 0 Å². The number of carbonyl (C=O) groups excluding carboxylic acids is 2. The van der Waals surface area contributed by atoms with E-state index in [1.54, 1.807) is 19.1 Å². The first kappa shape index (κ1) is 21.7. The van der Waals surface area contributed by atoms with Crippen molar-refractivity contribution in [2.45, 2.75) is 65.9 Å². The maximum atomic E-state index is 12.6. The zero-order valence-electron chi connectivity index (χ0n) is 17.8. The summed E-state index contributed by atoms with van der Waals surface area (Å²) in [5, 5.41) is 2.95. The van der Waals surface area contributed by atoms with Gasteiger partial charge in [0.1, 0.15) is 0 Å². The van der Waals surface area contributed by atoms with E-state index >= 15 is 0 Å². The van der Waals surface area contributed by atoms with Crippen molar-refractivity contribution in [3.05, 3.63) is 64.7 Å². The molecule has 0 aliphatic rings. The summed E-state index contributed by atoms with van der Waals surface area (Å²) in [6, 6.07) is 13.3. The molecule has 0 radical (unpaired) electrons. The minimum absolute atomic E-state index is 0.0132. The molecule has 1 unspecified atom stereocenters. The predicted octanol–water partition coefficient (Wildman–Crippen LogP) is 5.29. The van der Waals surface area contributed by atoms with Gasteiger partial charge in [0.15, 0.2) is 6.10 Å². The van der Waals surface area contributed by atoms with Crippen molar-refractivity contribution in [2.75, 3.05) is 5.32 Å². The van der Waals surface area contributed by atoms with E-state index in [0.29, 0.717) is 5.56 Å². The molecule has 0 heterocycles. The molecule has 2 aromatic rings. The number of benzene rings is 2. The average molecular weight is 382 g/mol. The Morgan fingerprint density at radius 3 is 1.96 bits per heavy atom. The van der Waals surface area contributed by atoms with Crippen LogP contribution in [0.4, 0.5) is 5.69 Å². The van der Waals surface area contributed by atoms with Gasteiger partial charge in [-0.1, -0.05) is 65.0 Å². The maximum absolute atomic E-state index is 12.6. The largest absolute Gasteiger partial charge is 0.449 e. The molecule has 4 nitrogen and oxygen atoms in total. The zero-order chi connectivity index (χ0) is 20.9. The molecule has 0 fully saturated rings. The normalized spacial score (nSPS) is 12.4. The highest BCUT2D eigenvalue weighted by molar-refractivity contribution is 5.98. The Balaban J connectivity index is 2.07. The van der Waals surface area contributed by atoms with E-state index in [0.717, 1.165) is 35.2 Å². The Labute approximate surface area is 168 Å². The van der Waals surface area contributed by atoms with Gasteiger partial charge in [-0.15, -0.1) is 0 Å². The summed E-state index contributed by atoms with van der Waals surface area (Å²) in [5.41, 5.74) is 4.57. The lowest BCUT2D eigenvalue weighted by Crippen LogP contribution is -2.30. The molecule has 0 bridgehead atoms. The SMILES string of the molecule is CCc1cccc(CC)c1NC(=O)C(C)OC(=O)c1ccc(C(C)(C)C)cc1. The highest BCUT2D eigenvalue weighted by Crippen LogP contribution is 2.24. The quantitative estimate of drug-likeness (QED) is 0.692. The first-order chi connectivity index (χ1) is 13.2. The van der Waals surface area contributed by atoms with Gasteiger partial charge in [0.25, 0.3) is 5.91 Å². The summed E-state index contributed by atoms with van der Waals surface area (Å²) in [6.45, 7) is 12.0. The summed E-state index contributed by atoms with van der Waals surface area (Å²) >= 11 is 0. The van der Waals surface area contributed by atoms with Crippen LogP contribution in [0.2, 0.25) is 0 Å². The van der Waals surface area contributed by atoms with Crippen LogP contribution in [0.3, 0.4) is 0 Å². The Kier molecular flexibility index (Phi) is 7.00. The van der Waals surface area contributed by atoms with Gasteiger partial charge in [-0.2, -0.15) is 0 Å². The van der Waals surface area contributed by atoms with E-state index in [1.165, 1.54) is 0 Å². The number of hydrogen-bond acceptors (Lipinski definition) is 3. The van der Waals surface area contributed by atoms with Crippen molar-refractivity contribution >= 4 is 17.6 Å². The number of nitrogens with one attached hydrogen (secondary N) is 1. The molecule has 1 atom stereocenters. The van der Waals surface area contributed by atoms with Crippen LogP contribution in [0.15, 0.2) is 42.5 Å². The fraction of sp³-hybridized carbons (Fsp3) is 0.417. The van der Waals surface area contributed by atoms with E-state index in [4.69, 9.17) is 4.74 Å². The molecule has 150 valence electrons. The fourth-order valence-electron chi connectivity index (χ4n) is 3.02. The Bertz CT molecular complexity index is 810. The molecule has 0 aliphatic carbocycles. The van der Waals surface area contributed by atoms with Gasteiger partial charge in [-0.05, 0) is 54.0 Å². The first-order valence-electron chi connectivity index (χ1n) is 9.90. The molecule has 0 aliphatic heterocycles. The van der Waals surface area contributed by atoms with Crippen LogP contribution in [-0.2, 0) is 27.8 Å². The Morgan fingerprint density at radius 2 is 1.50 bits per heavy atom. The van der Waals surface area contributed by atoms with Crippen LogP contribution in [0, 0.1) is 0 Å². The van der Waals surface area contributed by atoms with Gasteiger partial charge in [0.2, 0.25) is 0 Å². The summed E-state index contributed by atoms with van der Waals surface area (Å²) < 4.78 is 5.39. The van der Waals surface area contributed by atoms with E-state index in [-0.39, 0.29) is 11.3 Å². The van der Waals surface area contributed by atoms with Crippen LogP contribution in [-0.4, -0.2) is 18.0 Å². The molecule has 28 heavy (non-hydrogen) atoms. The van der Waals surface area contributed by atoms with Crippen LogP contribution in [0.1, 0.15) is 68.6 Å². The van der Waals surface area contributed by atoms with Gasteiger partial charge in [0, 0.05) is 5.69 Å². The molecule has 0 aromatic heterocycles. The summed E-state index contributed by atoms with van der Waals surface area (Å²) in [6.07, 6.45) is 0.750. The molecule has 0 spiro atoms. The number of hydrogen-bond donors (Lipinski definition) is 1. The summed E-state index contributed by atoms with van der Waals surface area (Å²) in [5.74, 6) is -0.821. The molecule has 1 N–H and O–H groups in total. The number of amides is 1. The number of anilines is 1. The summed E-state index contributed by atoms with van der Waals surface area (Å²) in [4.78, 5) is 25.0. The number of carbonyl (C=O) groups is 2. The molecular formula is C24H31NO3. The lowest BCUT2D eigenvalue weighted by molar-refractivity contribution is -0.123. The molecule has 4 heteroatoms. The van der Waals surface area contributed by atoms with Crippen LogP contribution in [0.5, 0.6) is 0 Å². The molecular weight excluding hydrogens is 350 g/mol. The minimum Gasteiger partial charge on any atom is -0.449 e. The third-order valence-electron chi connectivity index (χ3n) is 4.89. The summed E-state index contributed by atoms with van der Waals surface area (Å²) in [7, 11) is 0. The highest BCUT2D eigenvalue weighted by Gasteiger charge is 2.21. The number of ether oxygens (including phenoxy) is 1. The van der Waals surface area contributed by atoms with Crippen molar-refractivity contribution < 1.29 is 14.3 Å². The topological polar surface area (TPSA) is 55.4 Å². The lowest BCUT2D eigenvalue weighted by atomic mass is 9.87. The van der Waals surface area contributed by atoms with Crippen molar-refractivity contribution in [3.8, 4) is 0 Å². The zero-order valence-corrected chi connectivity index (χ0v) is 17.8. The third-order valence-corrected chi connectivity index (χ3v) is 4.89. The van der Waals surface area contributed by atoms with E-state index in [1.807, 2.05) is 30.3 Å². The second kappa shape index (κ2) is 9.05. The first-order valence-corrected chi connectivity index (χ1v) is 9.90. The predicted molar refractivity (Wildman–Crippen MR) is 114 cm³/mol. The minimum atomic E-state index is -0.885. The van der Waals surface area contributed by atoms with Crippen molar-refractivity contribution in [2.24, 2.45) is 0 Å². The van der Waals surface area contributed by atoms with E-state index in [9.17, 15) is 9.59 Å². The van der Waals surface area contributed by atoms with Crippen molar-refractivity contribution in [1.29, 1.82) is 0 Å². The second-order valence-electron chi connectivity index (χ2n) is 8.02. The number of esters is 1. The third kappa shape index (κ3) is 5.22. The maximum Gasteiger partial charge on any atom is 0.338 e. The average Bonchev–Trinajstić information content (AvgIpc) is 2.67. The van der Waals surface area contributed by atoms with Crippen molar-refractivity contribution in [1.82, 2.24) is 0 Å². The van der Waals surface area contributed by atoms with Crippen molar-refractivity contribution in [3.63, 3.8) is 0 Å². The molecule has 1 amide bonds. The van der Waals surface area contributed by atoms with Gasteiger partial charge in [-0.3, -0.25) is 4.79 Å². The monoisotopic (exact) mass is 381 g/mol. The molecule has 2 rings (SSSR count). The van der Waals surface area contributed by atoms with Crippen LogP contribution in [0.25, 0.3) is 0 Å². The van der Waals surface area contributed by atoms with Gasteiger partial charge < -0.3 is 10.1 Å². The number of para-hydroxylation sites is 1. The second-order valence-corrected chi connectivity index (χ2v) is 8.02. The molecule has 0 saturated carbocycles. The van der Waals surface area contributed by atoms with Gasteiger partial charge in [-0.25, -0.2) is 4.79 Å². The molecule has 2 aromatic carbocycles. The van der Waals surface area contributed by atoms with E-state index in [2.05, 4.69) is 39.9 Å².